The second kappa shape index (κ2) is 9.61. The summed E-state index contributed by atoms with van der Waals surface area (Å²) in [6, 6.07) is 5.31. The summed E-state index contributed by atoms with van der Waals surface area (Å²) >= 11 is 1.19. The number of esters is 2. The first kappa shape index (κ1) is 22.3. The van der Waals surface area contributed by atoms with Gasteiger partial charge in [0.25, 0.3) is 0 Å². The van der Waals surface area contributed by atoms with E-state index in [1.165, 1.54) is 18.4 Å². The maximum Gasteiger partial charge on any atom is 0.348 e. The van der Waals surface area contributed by atoms with E-state index in [2.05, 4.69) is 15.3 Å². The van der Waals surface area contributed by atoms with Crippen LogP contribution < -0.4 is 14.8 Å². The van der Waals surface area contributed by atoms with E-state index in [1.807, 2.05) is 6.92 Å². The van der Waals surface area contributed by atoms with Crippen molar-refractivity contribution in [2.24, 2.45) is 0 Å². The predicted octanol–water partition coefficient (Wildman–Crippen LogP) is 3.65. The van der Waals surface area contributed by atoms with Crippen LogP contribution in [0.5, 0.6) is 11.5 Å². The number of methoxy groups -OCH3 is 3. The summed E-state index contributed by atoms with van der Waals surface area (Å²) in [6.45, 7) is 3.82. The Morgan fingerprint density at radius 1 is 1.13 bits per heavy atom. The first-order valence-corrected chi connectivity index (χ1v) is 10.3. The van der Waals surface area contributed by atoms with E-state index >= 15 is 0 Å². The van der Waals surface area contributed by atoms with Crippen LogP contribution in [0, 0.1) is 6.92 Å². The zero-order chi connectivity index (χ0) is 22.5. The molecule has 0 bridgehead atoms. The van der Waals surface area contributed by atoms with Crippen molar-refractivity contribution in [2.45, 2.75) is 20.3 Å². The molecule has 2 heterocycles. The fourth-order valence-corrected chi connectivity index (χ4v) is 4.07. The first-order valence-electron chi connectivity index (χ1n) is 9.44. The lowest BCUT2D eigenvalue weighted by Gasteiger charge is -2.14. The van der Waals surface area contributed by atoms with Gasteiger partial charge in [0, 0.05) is 6.07 Å². The van der Waals surface area contributed by atoms with Gasteiger partial charge in [0.1, 0.15) is 39.3 Å². The van der Waals surface area contributed by atoms with Gasteiger partial charge in [-0.25, -0.2) is 14.8 Å². The third-order valence-corrected chi connectivity index (χ3v) is 5.65. The monoisotopic (exact) mass is 445 g/mol. The molecule has 164 valence electrons. The standard InChI is InChI=1S/C21H23N3O6S/c1-6-30-21(26)18-11(2)17-19(22-13-8-7-12(27-3)9-14(13)28-4)23-15(10-16(25)29-5)24-20(17)31-18/h7-9H,6,10H2,1-5H3,(H,22,23,24). The van der Waals surface area contributed by atoms with Crippen molar-refractivity contribution in [3.05, 3.63) is 34.5 Å². The van der Waals surface area contributed by atoms with E-state index in [4.69, 9.17) is 18.9 Å². The fourth-order valence-electron chi connectivity index (χ4n) is 2.97. The number of carbonyl (C=O) groups is 2. The lowest BCUT2D eigenvalue weighted by atomic mass is 10.2. The Kier molecular flexibility index (Phi) is 6.91. The Morgan fingerprint density at radius 3 is 2.55 bits per heavy atom. The van der Waals surface area contributed by atoms with E-state index in [-0.39, 0.29) is 18.9 Å². The van der Waals surface area contributed by atoms with Crippen LogP contribution in [0.1, 0.15) is 28.0 Å². The third-order valence-electron chi connectivity index (χ3n) is 4.49. The molecule has 0 aliphatic heterocycles. The molecule has 3 rings (SSSR count). The Balaban J connectivity index is 2.15. The van der Waals surface area contributed by atoms with Gasteiger partial charge in [-0.1, -0.05) is 0 Å². The predicted molar refractivity (Wildman–Crippen MR) is 117 cm³/mol. The number of fused-ring (bicyclic) bond motifs is 1. The SMILES string of the molecule is CCOC(=O)c1sc2nc(CC(=O)OC)nc(Nc3ccc(OC)cc3OC)c2c1C. The highest BCUT2D eigenvalue weighted by Gasteiger charge is 2.23. The Bertz CT molecular complexity index is 1130. The van der Waals surface area contributed by atoms with Crippen molar-refractivity contribution in [1.29, 1.82) is 0 Å². The summed E-state index contributed by atoms with van der Waals surface area (Å²) in [4.78, 5) is 34.2. The number of rotatable bonds is 8. The Labute approximate surface area is 183 Å². The molecule has 0 fully saturated rings. The van der Waals surface area contributed by atoms with Crippen molar-refractivity contribution < 1.29 is 28.5 Å². The normalized spacial score (nSPS) is 10.6. The molecular formula is C21H23N3O6S. The van der Waals surface area contributed by atoms with Crippen molar-refractivity contribution in [3.63, 3.8) is 0 Å². The van der Waals surface area contributed by atoms with E-state index in [0.29, 0.717) is 43.7 Å². The van der Waals surface area contributed by atoms with Gasteiger partial charge in [-0.15, -0.1) is 11.3 Å². The van der Waals surface area contributed by atoms with Crippen molar-refractivity contribution in [3.8, 4) is 11.5 Å². The average Bonchev–Trinajstić information content (AvgIpc) is 3.10. The minimum absolute atomic E-state index is 0.105. The lowest BCUT2D eigenvalue weighted by Crippen LogP contribution is -2.09. The quantitative estimate of drug-likeness (QED) is 0.520. The Morgan fingerprint density at radius 2 is 1.90 bits per heavy atom. The number of thiophene rings is 1. The summed E-state index contributed by atoms with van der Waals surface area (Å²) in [5.74, 6) is 0.997. The molecule has 0 atom stereocenters. The number of aromatic nitrogens is 2. The number of ether oxygens (including phenoxy) is 4. The number of aryl methyl sites for hydroxylation is 1. The topological polar surface area (TPSA) is 109 Å². The molecule has 0 aliphatic carbocycles. The largest absolute Gasteiger partial charge is 0.497 e. The molecule has 9 nitrogen and oxygen atoms in total. The summed E-state index contributed by atoms with van der Waals surface area (Å²) in [7, 11) is 4.42. The van der Waals surface area contributed by atoms with Crippen LogP contribution in [-0.4, -0.2) is 49.8 Å². The van der Waals surface area contributed by atoms with Gasteiger partial charge in [-0.05, 0) is 31.5 Å². The van der Waals surface area contributed by atoms with E-state index in [9.17, 15) is 9.59 Å². The van der Waals surface area contributed by atoms with Gasteiger partial charge >= 0.3 is 11.9 Å². The highest BCUT2D eigenvalue weighted by molar-refractivity contribution is 7.20. The minimum atomic E-state index is -0.466. The Hall–Kier alpha value is -3.40. The van der Waals surface area contributed by atoms with Crippen LogP contribution in [-0.2, 0) is 20.7 Å². The second-order valence-electron chi connectivity index (χ2n) is 6.39. The van der Waals surface area contributed by atoms with Crippen LogP contribution in [0.25, 0.3) is 10.2 Å². The minimum Gasteiger partial charge on any atom is -0.497 e. The smallest absolute Gasteiger partial charge is 0.348 e. The number of benzene rings is 1. The molecule has 0 unspecified atom stereocenters. The third kappa shape index (κ3) is 4.69. The molecular weight excluding hydrogens is 422 g/mol. The van der Waals surface area contributed by atoms with Crippen LogP contribution >= 0.6 is 11.3 Å². The summed E-state index contributed by atoms with van der Waals surface area (Å²) in [5, 5.41) is 3.91. The van der Waals surface area contributed by atoms with Crippen molar-refractivity contribution in [2.75, 3.05) is 33.3 Å². The molecule has 31 heavy (non-hydrogen) atoms. The molecule has 0 radical (unpaired) electrons. The highest BCUT2D eigenvalue weighted by atomic mass is 32.1. The first-order chi connectivity index (χ1) is 14.9. The van der Waals surface area contributed by atoms with Gasteiger partial charge in [0.05, 0.1) is 39.0 Å². The van der Waals surface area contributed by atoms with Crippen molar-refractivity contribution >= 4 is 45.0 Å². The molecule has 0 aliphatic rings. The summed E-state index contributed by atoms with van der Waals surface area (Å²) in [5.41, 5.74) is 1.33. The summed E-state index contributed by atoms with van der Waals surface area (Å²) < 4.78 is 20.6. The number of anilines is 2. The van der Waals surface area contributed by atoms with Crippen LogP contribution in [0.4, 0.5) is 11.5 Å². The maximum absolute atomic E-state index is 12.4. The number of nitrogens with one attached hydrogen (secondary N) is 1. The van der Waals surface area contributed by atoms with E-state index in [1.54, 1.807) is 39.3 Å². The van der Waals surface area contributed by atoms with Crippen LogP contribution in [0.3, 0.4) is 0 Å². The molecule has 0 amide bonds. The van der Waals surface area contributed by atoms with Gasteiger partial charge in [0.15, 0.2) is 0 Å². The molecule has 0 saturated carbocycles. The average molecular weight is 445 g/mol. The highest BCUT2D eigenvalue weighted by Crippen LogP contribution is 2.38. The van der Waals surface area contributed by atoms with Crippen LogP contribution in [0.2, 0.25) is 0 Å². The molecule has 1 N–H and O–H groups in total. The maximum atomic E-state index is 12.4. The fraction of sp³-hybridized carbons (Fsp3) is 0.333. The van der Waals surface area contributed by atoms with Gasteiger partial charge in [-0.3, -0.25) is 4.79 Å². The molecule has 1 aromatic carbocycles. The number of hydrogen-bond acceptors (Lipinski definition) is 10. The zero-order valence-corrected chi connectivity index (χ0v) is 18.7. The molecule has 0 saturated heterocycles. The molecule has 10 heteroatoms. The van der Waals surface area contributed by atoms with Crippen LogP contribution in [0.15, 0.2) is 18.2 Å². The number of nitrogens with zero attached hydrogens (tertiary/aromatic N) is 2. The molecule has 3 aromatic rings. The second-order valence-corrected chi connectivity index (χ2v) is 7.39. The van der Waals surface area contributed by atoms with Gasteiger partial charge in [0.2, 0.25) is 0 Å². The van der Waals surface area contributed by atoms with E-state index in [0.717, 1.165) is 0 Å². The number of hydrogen-bond donors (Lipinski definition) is 1. The molecule has 0 spiro atoms. The molecule has 2 aromatic heterocycles. The number of carbonyl (C=O) groups excluding carboxylic acids is 2. The summed E-state index contributed by atoms with van der Waals surface area (Å²) in [6.07, 6.45) is -0.105. The lowest BCUT2D eigenvalue weighted by molar-refractivity contribution is -0.139. The van der Waals surface area contributed by atoms with Gasteiger partial charge < -0.3 is 24.3 Å². The zero-order valence-electron chi connectivity index (χ0n) is 17.9. The van der Waals surface area contributed by atoms with E-state index < -0.39 is 11.9 Å². The van der Waals surface area contributed by atoms with Crippen molar-refractivity contribution in [1.82, 2.24) is 9.97 Å². The van der Waals surface area contributed by atoms with Gasteiger partial charge in [-0.2, -0.15) is 0 Å².